The number of pyridine rings is 1. The Bertz CT molecular complexity index is 313. The number of halogens is 2. The first-order valence-corrected chi connectivity index (χ1v) is 3.05. The van der Waals surface area contributed by atoms with E-state index >= 15 is 0 Å². The van der Waals surface area contributed by atoms with E-state index < -0.39 is 11.9 Å². The van der Waals surface area contributed by atoms with Gasteiger partial charge in [-0.25, -0.2) is 14.6 Å². The van der Waals surface area contributed by atoms with Crippen molar-refractivity contribution in [3.05, 3.63) is 29.6 Å². The third-order valence-electron chi connectivity index (χ3n) is 1.19. The van der Waals surface area contributed by atoms with E-state index in [0.29, 0.717) is 0 Å². The van der Waals surface area contributed by atoms with Gasteiger partial charge in [0.2, 0.25) is 0 Å². The summed E-state index contributed by atoms with van der Waals surface area (Å²) in [7, 11) is 0. The standard InChI is InChI=1S/C7H5NO4.2ClH/c9-6(10)4-2-1-3-5(8-4)7(11)12;;/h1-3H,(H,9,10)(H,11,12);2*1H. The number of carboxylic acid groups (broad SMARTS) is 2. The van der Waals surface area contributed by atoms with Crippen molar-refractivity contribution in [2.75, 3.05) is 0 Å². The van der Waals surface area contributed by atoms with Crippen LogP contribution in [0.5, 0.6) is 0 Å². The van der Waals surface area contributed by atoms with E-state index in [1.165, 1.54) is 18.2 Å². The monoisotopic (exact) mass is 239 g/mol. The number of hydrogen-bond acceptors (Lipinski definition) is 3. The molecule has 7 heteroatoms. The van der Waals surface area contributed by atoms with Gasteiger partial charge in [0.15, 0.2) is 0 Å². The van der Waals surface area contributed by atoms with Crippen LogP contribution in [0.15, 0.2) is 18.2 Å². The van der Waals surface area contributed by atoms with Gasteiger partial charge in [-0.3, -0.25) is 0 Å². The van der Waals surface area contributed by atoms with Crippen molar-refractivity contribution in [3.63, 3.8) is 0 Å². The lowest BCUT2D eigenvalue weighted by Crippen LogP contribution is -2.06. The van der Waals surface area contributed by atoms with Crippen LogP contribution in [-0.4, -0.2) is 27.1 Å². The maximum Gasteiger partial charge on any atom is 0.354 e. The second kappa shape index (κ2) is 6.17. The summed E-state index contributed by atoms with van der Waals surface area (Å²) in [5.41, 5.74) is -0.537. The minimum absolute atomic E-state index is 0. The highest BCUT2D eigenvalue weighted by molar-refractivity contribution is 5.89. The number of rotatable bonds is 2. The van der Waals surface area contributed by atoms with Crippen LogP contribution in [0.2, 0.25) is 0 Å². The summed E-state index contributed by atoms with van der Waals surface area (Å²) in [6, 6.07) is 3.80. The lowest BCUT2D eigenvalue weighted by atomic mass is 10.3. The average Bonchev–Trinajstić information content (AvgIpc) is 2.04. The molecule has 1 aromatic rings. The molecule has 0 amide bonds. The number of nitrogens with zero attached hydrogens (tertiary/aromatic N) is 1. The van der Waals surface area contributed by atoms with E-state index in [9.17, 15) is 9.59 Å². The fourth-order valence-electron chi connectivity index (χ4n) is 0.673. The minimum atomic E-state index is -1.24. The van der Waals surface area contributed by atoms with Crippen LogP contribution in [0.25, 0.3) is 0 Å². The van der Waals surface area contributed by atoms with Gasteiger partial charge >= 0.3 is 11.9 Å². The molecule has 5 nitrogen and oxygen atoms in total. The Morgan fingerprint density at radius 1 is 1.00 bits per heavy atom. The largest absolute Gasteiger partial charge is 0.477 e. The van der Waals surface area contributed by atoms with Gasteiger partial charge in [-0.15, -0.1) is 24.8 Å². The molecular formula is C7H7Cl2NO4. The van der Waals surface area contributed by atoms with Crippen LogP contribution in [0.4, 0.5) is 0 Å². The molecule has 2 N–H and O–H groups in total. The zero-order chi connectivity index (χ0) is 9.14. The normalized spacial score (nSPS) is 8.00. The van der Waals surface area contributed by atoms with E-state index in [0.717, 1.165) is 0 Å². The van der Waals surface area contributed by atoms with Gasteiger partial charge in [0.25, 0.3) is 0 Å². The molecule has 1 rings (SSSR count). The molecule has 0 saturated carbocycles. The first-order valence-electron chi connectivity index (χ1n) is 3.05. The quantitative estimate of drug-likeness (QED) is 0.813. The van der Waals surface area contributed by atoms with E-state index in [2.05, 4.69) is 4.98 Å². The smallest absolute Gasteiger partial charge is 0.354 e. The summed E-state index contributed by atoms with van der Waals surface area (Å²) >= 11 is 0. The summed E-state index contributed by atoms with van der Waals surface area (Å²) in [4.78, 5) is 24.0. The molecule has 0 aliphatic carbocycles. The lowest BCUT2D eigenvalue weighted by molar-refractivity contribution is 0.0685. The number of carboxylic acids is 2. The summed E-state index contributed by atoms with van der Waals surface area (Å²) in [5.74, 6) is -2.48. The number of aromatic carboxylic acids is 2. The molecule has 0 atom stereocenters. The molecule has 0 saturated heterocycles. The Morgan fingerprint density at radius 2 is 1.36 bits per heavy atom. The van der Waals surface area contributed by atoms with Crippen molar-refractivity contribution in [3.8, 4) is 0 Å². The van der Waals surface area contributed by atoms with Crippen molar-refractivity contribution in [1.29, 1.82) is 0 Å². The van der Waals surface area contributed by atoms with E-state index in [1.54, 1.807) is 0 Å². The average molecular weight is 240 g/mol. The Labute approximate surface area is 91.6 Å². The molecule has 0 unspecified atom stereocenters. The second-order valence-electron chi connectivity index (χ2n) is 2.02. The fraction of sp³-hybridized carbons (Fsp3) is 0. The Morgan fingerprint density at radius 3 is 1.64 bits per heavy atom. The molecule has 1 aromatic heterocycles. The predicted octanol–water partition coefficient (Wildman–Crippen LogP) is 1.32. The van der Waals surface area contributed by atoms with Gasteiger partial charge in [0.05, 0.1) is 0 Å². The first kappa shape index (κ1) is 15.2. The molecule has 0 radical (unpaired) electrons. The summed E-state index contributed by atoms with van der Waals surface area (Å²) in [5, 5.41) is 16.9. The highest BCUT2D eigenvalue weighted by Crippen LogP contribution is 1.98. The number of hydrogen-bond donors (Lipinski definition) is 2. The molecule has 0 spiro atoms. The zero-order valence-corrected chi connectivity index (χ0v) is 8.34. The van der Waals surface area contributed by atoms with Crippen LogP contribution >= 0.6 is 24.8 Å². The maximum atomic E-state index is 10.3. The van der Waals surface area contributed by atoms with Gasteiger partial charge < -0.3 is 10.2 Å². The summed E-state index contributed by atoms with van der Waals surface area (Å²) < 4.78 is 0. The third kappa shape index (κ3) is 3.59. The Hall–Kier alpha value is -1.33. The van der Waals surface area contributed by atoms with Crippen molar-refractivity contribution in [2.45, 2.75) is 0 Å². The zero-order valence-electron chi connectivity index (χ0n) is 6.71. The van der Waals surface area contributed by atoms with Crippen LogP contribution in [-0.2, 0) is 0 Å². The minimum Gasteiger partial charge on any atom is -0.477 e. The lowest BCUT2D eigenvalue weighted by Gasteiger charge is -1.94. The van der Waals surface area contributed by atoms with Crippen molar-refractivity contribution in [1.82, 2.24) is 4.98 Å². The summed E-state index contributed by atoms with van der Waals surface area (Å²) in [6.45, 7) is 0. The first-order chi connectivity index (χ1) is 5.61. The molecule has 0 aliphatic heterocycles. The van der Waals surface area contributed by atoms with Crippen LogP contribution in [0.1, 0.15) is 21.0 Å². The van der Waals surface area contributed by atoms with Crippen LogP contribution in [0.3, 0.4) is 0 Å². The number of aromatic nitrogens is 1. The molecule has 0 fully saturated rings. The van der Waals surface area contributed by atoms with Gasteiger partial charge in [-0.2, -0.15) is 0 Å². The van der Waals surface area contributed by atoms with Crippen molar-refractivity contribution in [2.24, 2.45) is 0 Å². The fourth-order valence-corrected chi connectivity index (χ4v) is 0.673. The van der Waals surface area contributed by atoms with E-state index in [4.69, 9.17) is 10.2 Å². The molecule has 78 valence electrons. The Kier molecular flexibility index (Phi) is 6.68. The number of carbonyl (C=O) groups is 2. The molecule has 1 heterocycles. The van der Waals surface area contributed by atoms with Gasteiger partial charge in [-0.05, 0) is 12.1 Å². The van der Waals surface area contributed by atoms with Crippen molar-refractivity contribution < 1.29 is 19.8 Å². The molecule has 0 aromatic carbocycles. The summed E-state index contributed by atoms with van der Waals surface area (Å²) in [6.07, 6.45) is 0. The highest BCUT2D eigenvalue weighted by Gasteiger charge is 2.08. The molecule has 14 heavy (non-hydrogen) atoms. The van der Waals surface area contributed by atoms with E-state index in [-0.39, 0.29) is 36.2 Å². The van der Waals surface area contributed by atoms with E-state index in [1.807, 2.05) is 0 Å². The van der Waals surface area contributed by atoms with Crippen LogP contribution in [0, 0.1) is 0 Å². The second-order valence-corrected chi connectivity index (χ2v) is 2.02. The molecule has 0 bridgehead atoms. The van der Waals surface area contributed by atoms with Crippen molar-refractivity contribution >= 4 is 36.8 Å². The predicted molar refractivity (Wildman–Crippen MR) is 52.7 cm³/mol. The van der Waals surface area contributed by atoms with Crippen LogP contribution < -0.4 is 0 Å². The van der Waals surface area contributed by atoms with Gasteiger partial charge in [-0.1, -0.05) is 6.07 Å². The highest BCUT2D eigenvalue weighted by atomic mass is 35.5. The SMILES string of the molecule is Cl.Cl.O=C(O)c1cccc(C(=O)O)n1. The van der Waals surface area contributed by atoms with Gasteiger partial charge in [0, 0.05) is 0 Å². The van der Waals surface area contributed by atoms with Gasteiger partial charge in [0.1, 0.15) is 11.4 Å². The molecule has 0 aliphatic rings. The Balaban J connectivity index is 0. The maximum absolute atomic E-state index is 10.3. The topological polar surface area (TPSA) is 87.5 Å². The third-order valence-corrected chi connectivity index (χ3v) is 1.19. The molecular weight excluding hydrogens is 233 g/mol.